The fraction of sp³-hybridized carbons (Fsp3) is 0.176. The molecule has 0 radical (unpaired) electrons. The Morgan fingerprint density at radius 1 is 1.42 bits per heavy atom. The van der Waals surface area contributed by atoms with Crippen molar-refractivity contribution in [2.75, 3.05) is 0 Å². The summed E-state index contributed by atoms with van der Waals surface area (Å²) in [5, 5.41) is 0.775. The van der Waals surface area contributed by atoms with E-state index in [1.165, 1.54) is 22.5 Å². The van der Waals surface area contributed by atoms with Crippen LogP contribution in [0.25, 0.3) is 5.69 Å². The number of nitrogens with zero attached hydrogens (tertiary/aromatic N) is 3. The van der Waals surface area contributed by atoms with E-state index in [0.717, 1.165) is 22.0 Å². The highest BCUT2D eigenvalue weighted by molar-refractivity contribution is 8.14. The van der Waals surface area contributed by atoms with E-state index in [1.807, 2.05) is 31.2 Å². The van der Waals surface area contributed by atoms with Gasteiger partial charge < -0.3 is 5.73 Å². The van der Waals surface area contributed by atoms with Gasteiger partial charge >= 0.3 is 0 Å². The molecule has 2 heterocycles. The van der Waals surface area contributed by atoms with Crippen LogP contribution < -0.4 is 11.3 Å². The lowest BCUT2D eigenvalue weighted by molar-refractivity contribution is -0.117. The summed E-state index contributed by atoms with van der Waals surface area (Å²) in [7, 11) is 0. The van der Waals surface area contributed by atoms with Crippen LogP contribution in [0.4, 0.5) is 0 Å². The van der Waals surface area contributed by atoms with Crippen LogP contribution in [0.5, 0.6) is 0 Å². The van der Waals surface area contributed by atoms with Crippen molar-refractivity contribution in [3.05, 3.63) is 64.5 Å². The smallest absolute Gasteiger partial charge is 0.272 e. The van der Waals surface area contributed by atoms with E-state index in [4.69, 9.17) is 5.73 Å². The highest BCUT2D eigenvalue weighted by atomic mass is 32.2. The zero-order chi connectivity index (χ0) is 17.1. The molecule has 0 bridgehead atoms. The fourth-order valence-corrected chi connectivity index (χ4v) is 3.25. The standard InChI is InChI=1S/C17H16N4O2S/c1-11-4-6-12(7-5-11)21-10-20-13-9-15(24-16(13)17(21)23)19-8-2-3-14(18)22/h2,4-8,10H,3,9H2,1H3,(H2,18,22)/b8-2-,19-15?. The van der Waals surface area contributed by atoms with Crippen molar-refractivity contribution in [2.24, 2.45) is 10.7 Å². The molecule has 2 aromatic rings. The highest BCUT2D eigenvalue weighted by Crippen LogP contribution is 2.29. The number of aryl methyl sites for hydroxylation is 1. The molecular formula is C17H16N4O2S. The third-order valence-corrected chi connectivity index (χ3v) is 4.60. The molecule has 0 unspecified atom stereocenters. The Hall–Kier alpha value is -2.67. The lowest BCUT2D eigenvalue weighted by Gasteiger charge is -2.06. The van der Waals surface area contributed by atoms with Crippen molar-refractivity contribution < 1.29 is 4.79 Å². The monoisotopic (exact) mass is 340 g/mol. The van der Waals surface area contributed by atoms with Crippen LogP contribution >= 0.6 is 11.8 Å². The van der Waals surface area contributed by atoms with Crippen LogP contribution in [0.1, 0.15) is 17.7 Å². The zero-order valence-electron chi connectivity index (χ0n) is 13.1. The van der Waals surface area contributed by atoms with Gasteiger partial charge in [0.05, 0.1) is 16.4 Å². The van der Waals surface area contributed by atoms with Crippen LogP contribution in [0.2, 0.25) is 0 Å². The molecule has 1 aromatic carbocycles. The van der Waals surface area contributed by atoms with Crippen LogP contribution in [-0.4, -0.2) is 20.5 Å². The minimum Gasteiger partial charge on any atom is -0.369 e. The first kappa shape index (κ1) is 16.2. The number of benzene rings is 1. The van der Waals surface area contributed by atoms with Gasteiger partial charge in [-0.25, -0.2) is 4.98 Å². The quantitative estimate of drug-likeness (QED) is 0.921. The van der Waals surface area contributed by atoms with E-state index in [1.54, 1.807) is 12.4 Å². The molecule has 0 fully saturated rings. The van der Waals surface area contributed by atoms with Gasteiger partial charge in [-0.2, -0.15) is 0 Å². The van der Waals surface area contributed by atoms with E-state index in [9.17, 15) is 9.59 Å². The second-order valence-corrected chi connectivity index (χ2v) is 6.47. The van der Waals surface area contributed by atoms with Crippen molar-refractivity contribution in [3.8, 4) is 5.69 Å². The zero-order valence-corrected chi connectivity index (χ0v) is 13.9. The van der Waals surface area contributed by atoms with Gasteiger partial charge in [0.1, 0.15) is 11.2 Å². The van der Waals surface area contributed by atoms with Gasteiger partial charge in [-0.15, -0.1) is 0 Å². The predicted molar refractivity (Wildman–Crippen MR) is 94.5 cm³/mol. The largest absolute Gasteiger partial charge is 0.369 e. The number of rotatable bonds is 4. The second-order valence-electron chi connectivity index (χ2n) is 5.39. The summed E-state index contributed by atoms with van der Waals surface area (Å²) in [5.74, 6) is -0.406. The maximum absolute atomic E-state index is 12.7. The van der Waals surface area contributed by atoms with E-state index in [2.05, 4.69) is 9.98 Å². The number of aliphatic imine (C=N–C) groups is 1. The molecule has 3 rings (SSSR count). The van der Waals surface area contributed by atoms with E-state index in [-0.39, 0.29) is 12.0 Å². The Balaban J connectivity index is 1.85. The number of hydrogen-bond donors (Lipinski definition) is 1. The van der Waals surface area contributed by atoms with Crippen LogP contribution in [-0.2, 0) is 11.2 Å². The Bertz CT molecular complexity index is 898. The molecule has 2 N–H and O–H groups in total. The first-order valence-electron chi connectivity index (χ1n) is 7.40. The Morgan fingerprint density at radius 2 is 2.17 bits per heavy atom. The van der Waals surface area contributed by atoms with Gasteiger partial charge in [0.25, 0.3) is 5.56 Å². The van der Waals surface area contributed by atoms with Crippen molar-refractivity contribution in [3.63, 3.8) is 0 Å². The number of hydrogen-bond acceptors (Lipinski definition) is 5. The summed E-state index contributed by atoms with van der Waals surface area (Å²) in [6.07, 6.45) is 5.35. The van der Waals surface area contributed by atoms with E-state index in [0.29, 0.717) is 11.3 Å². The summed E-state index contributed by atoms with van der Waals surface area (Å²) in [4.78, 5) is 32.6. The summed E-state index contributed by atoms with van der Waals surface area (Å²) < 4.78 is 1.54. The molecule has 0 spiro atoms. The summed E-state index contributed by atoms with van der Waals surface area (Å²) in [5.41, 5.74) is 7.61. The number of carbonyl (C=O) groups is 1. The van der Waals surface area contributed by atoms with Gasteiger partial charge in [0, 0.05) is 19.0 Å². The maximum Gasteiger partial charge on any atom is 0.272 e. The van der Waals surface area contributed by atoms with Gasteiger partial charge in [0.2, 0.25) is 5.91 Å². The lowest BCUT2D eigenvalue weighted by Crippen LogP contribution is -2.20. The van der Waals surface area contributed by atoms with Crippen LogP contribution in [0.15, 0.2) is 57.6 Å². The third kappa shape index (κ3) is 3.46. The first-order valence-corrected chi connectivity index (χ1v) is 8.21. The molecule has 24 heavy (non-hydrogen) atoms. The molecule has 0 aliphatic carbocycles. The number of thioether (sulfide) groups is 1. The van der Waals surface area contributed by atoms with Crippen molar-refractivity contribution in [1.82, 2.24) is 9.55 Å². The summed E-state index contributed by atoms with van der Waals surface area (Å²) in [6, 6.07) is 7.70. The van der Waals surface area contributed by atoms with Crippen LogP contribution in [0.3, 0.4) is 0 Å². The maximum atomic E-state index is 12.7. The molecule has 1 aliphatic rings. The number of fused-ring (bicyclic) bond motifs is 1. The minimum atomic E-state index is -0.406. The van der Waals surface area contributed by atoms with Gasteiger partial charge in [-0.3, -0.25) is 19.1 Å². The van der Waals surface area contributed by atoms with E-state index < -0.39 is 5.91 Å². The van der Waals surface area contributed by atoms with E-state index >= 15 is 0 Å². The molecule has 7 heteroatoms. The molecular weight excluding hydrogens is 324 g/mol. The summed E-state index contributed by atoms with van der Waals surface area (Å²) >= 11 is 1.32. The Labute approximate surface area is 143 Å². The van der Waals surface area contributed by atoms with Crippen molar-refractivity contribution in [1.29, 1.82) is 0 Å². The first-order chi connectivity index (χ1) is 11.5. The molecule has 1 aliphatic heterocycles. The van der Waals surface area contributed by atoms with Gasteiger partial charge in [-0.1, -0.05) is 35.5 Å². The minimum absolute atomic E-state index is 0.0971. The third-order valence-electron chi connectivity index (χ3n) is 3.50. The number of primary amides is 1. The number of carbonyl (C=O) groups excluding carboxylic acids is 1. The van der Waals surface area contributed by atoms with Crippen LogP contribution in [0, 0.1) is 6.92 Å². The van der Waals surface area contributed by atoms with Gasteiger partial charge in [-0.05, 0) is 19.1 Å². The number of amides is 1. The second kappa shape index (κ2) is 6.84. The Morgan fingerprint density at radius 3 is 2.88 bits per heavy atom. The normalized spacial score (nSPS) is 15.1. The molecule has 0 saturated heterocycles. The van der Waals surface area contributed by atoms with Crippen molar-refractivity contribution >= 4 is 22.7 Å². The molecule has 0 atom stereocenters. The predicted octanol–water partition coefficient (Wildman–Crippen LogP) is 1.98. The number of aromatic nitrogens is 2. The average Bonchev–Trinajstić information content (AvgIpc) is 2.97. The highest BCUT2D eigenvalue weighted by Gasteiger charge is 2.23. The molecule has 122 valence electrons. The fourth-order valence-electron chi connectivity index (χ4n) is 2.26. The molecule has 6 nitrogen and oxygen atoms in total. The van der Waals surface area contributed by atoms with Crippen molar-refractivity contribution in [2.45, 2.75) is 24.7 Å². The molecule has 1 amide bonds. The SMILES string of the molecule is Cc1ccc(-n2cnc3c(c2=O)SC(=N/C=C\CC(N)=O)C3)cc1. The Kier molecular flexibility index (Phi) is 4.61. The molecule has 1 aromatic heterocycles. The van der Waals surface area contributed by atoms with Gasteiger partial charge in [0.15, 0.2) is 0 Å². The average molecular weight is 340 g/mol. The number of nitrogens with two attached hydrogens (primary N) is 1. The topological polar surface area (TPSA) is 90.3 Å². The molecule has 0 saturated carbocycles. The summed E-state index contributed by atoms with van der Waals surface area (Å²) in [6.45, 7) is 2.00. The lowest BCUT2D eigenvalue weighted by atomic mass is 10.2.